The fourth-order valence-electron chi connectivity index (χ4n) is 4.07. The van der Waals surface area contributed by atoms with Crippen LogP contribution in [-0.4, -0.2) is 9.55 Å². The molecular weight excluding hydrogens is 378 g/mol. The van der Waals surface area contributed by atoms with E-state index in [1.54, 1.807) is 0 Å². The molecule has 0 amide bonds. The van der Waals surface area contributed by atoms with Crippen molar-refractivity contribution in [2.45, 2.75) is 58.9 Å². The van der Waals surface area contributed by atoms with Gasteiger partial charge in [0.25, 0.3) is 0 Å². The van der Waals surface area contributed by atoms with Crippen LogP contribution in [0.25, 0.3) is 11.0 Å². The van der Waals surface area contributed by atoms with Gasteiger partial charge in [-0.3, -0.25) is 0 Å². The third-order valence-electron chi connectivity index (χ3n) is 5.77. The molecule has 0 aliphatic heterocycles. The van der Waals surface area contributed by atoms with Gasteiger partial charge in [0.1, 0.15) is 11.5 Å². The minimum atomic E-state index is 0.828. The highest BCUT2D eigenvalue weighted by Crippen LogP contribution is 2.24. The maximum atomic E-state index is 4.96. The maximum absolute atomic E-state index is 4.96. The van der Waals surface area contributed by atoms with Crippen molar-refractivity contribution in [2.24, 2.45) is 0 Å². The number of anilines is 2. The van der Waals surface area contributed by atoms with E-state index in [0.717, 1.165) is 36.5 Å². The number of hydrogen-bond acceptors (Lipinski definition) is 2. The molecule has 0 aliphatic carbocycles. The average molecular weight is 412 g/mol. The molecule has 0 aliphatic rings. The molecule has 0 saturated carbocycles. The van der Waals surface area contributed by atoms with Gasteiger partial charge in [-0.05, 0) is 72.7 Å². The summed E-state index contributed by atoms with van der Waals surface area (Å²) in [7, 11) is 0. The first-order valence-electron chi connectivity index (χ1n) is 11.6. The number of nitrogens with zero attached hydrogens (tertiary/aromatic N) is 2. The zero-order valence-electron chi connectivity index (χ0n) is 18.8. The van der Waals surface area contributed by atoms with E-state index in [0.29, 0.717) is 0 Å². The fourth-order valence-corrected chi connectivity index (χ4v) is 4.07. The molecule has 0 atom stereocenters. The lowest BCUT2D eigenvalue weighted by molar-refractivity contribution is 0.781. The highest BCUT2D eigenvalue weighted by atomic mass is 15.1. The molecule has 0 saturated heterocycles. The van der Waals surface area contributed by atoms with Crippen LogP contribution in [0.1, 0.15) is 56.2 Å². The van der Waals surface area contributed by atoms with Gasteiger partial charge in [0.2, 0.25) is 0 Å². The number of unbranched alkanes of at least 4 members (excludes halogenated alkanes) is 2. The zero-order chi connectivity index (χ0) is 21.5. The molecular formula is C28H33N3. The molecule has 3 heteroatoms. The first-order valence-corrected chi connectivity index (χ1v) is 11.6. The lowest BCUT2D eigenvalue weighted by Crippen LogP contribution is -2.01. The van der Waals surface area contributed by atoms with Crippen molar-refractivity contribution in [3.8, 4) is 0 Å². The Morgan fingerprint density at radius 1 is 0.774 bits per heavy atom. The Morgan fingerprint density at radius 2 is 1.48 bits per heavy atom. The molecule has 0 unspecified atom stereocenters. The second-order valence-electron chi connectivity index (χ2n) is 8.41. The van der Waals surface area contributed by atoms with Gasteiger partial charge >= 0.3 is 0 Å². The van der Waals surface area contributed by atoms with Crippen LogP contribution in [0.5, 0.6) is 0 Å². The molecule has 31 heavy (non-hydrogen) atoms. The predicted octanol–water partition coefficient (Wildman–Crippen LogP) is 7.51. The highest BCUT2D eigenvalue weighted by molar-refractivity contribution is 5.79. The Kier molecular flexibility index (Phi) is 7.03. The summed E-state index contributed by atoms with van der Waals surface area (Å²) in [4.78, 5) is 4.96. The van der Waals surface area contributed by atoms with Gasteiger partial charge < -0.3 is 9.88 Å². The van der Waals surface area contributed by atoms with Gasteiger partial charge in [-0.25, -0.2) is 4.98 Å². The molecule has 0 radical (unpaired) electrons. The molecule has 160 valence electrons. The van der Waals surface area contributed by atoms with Crippen molar-refractivity contribution < 1.29 is 0 Å². The van der Waals surface area contributed by atoms with Crippen LogP contribution < -0.4 is 5.32 Å². The summed E-state index contributed by atoms with van der Waals surface area (Å²) in [6.07, 6.45) is 9.30. The zero-order valence-corrected chi connectivity index (χ0v) is 18.8. The standard InChI is InChI=1S/C28H33N3/c1-3-5-10-23-18-24(11-6-4-2)20-26(19-23)29-27-15-14-25-16-17-31(28(25)30-27)21-22-12-8-7-9-13-22/h7-9,12-20H,3-6,10-11,21H2,1-2H3,(H,29,30). The number of nitrogens with one attached hydrogen (secondary N) is 1. The summed E-state index contributed by atoms with van der Waals surface area (Å²) < 4.78 is 2.22. The van der Waals surface area contributed by atoms with Crippen LogP contribution in [0.2, 0.25) is 0 Å². The molecule has 0 fully saturated rings. The number of fused-ring (bicyclic) bond motifs is 1. The van der Waals surface area contributed by atoms with Crippen molar-refractivity contribution in [3.05, 3.63) is 89.6 Å². The minimum absolute atomic E-state index is 0.828. The van der Waals surface area contributed by atoms with Gasteiger partial charge in [-0.1, -0.05) is 63.1 Å². The van der Waals surface area contributed by atoms with Crippen molar-refractivity contribution in [1.29, 1.82) is 0 Å². The topological polar surface area (TPSA) is 29.9 Å². The van der Waals surface area contributed by atoms with Gasteiger partial charge in [-0.15, -0.1) is 0 Å². The molecule has 0 spiro atoms. The summed E-state index contributed by atoms with van der Waals surface area (Å²) in [5.41, 5.74) is 6.29. The Hall–Kier alpha value is -3.07. The molecule has 2 aromatic heterocycles. The van der Waals surface area contributed by atoms with E-state index in [9.17, 15) is 0 Å². The Labute approximate surface area is 186 Å². The summed E-state index contributed by atoms with van der Waals surface area (Å²) in [6, 6.07) is 23.9. The van der Waals surface area contributed by atoms with Crippen LogP contribution in [-0.2, 0) is 19.4 Å². The summed E-state index contributed by atoms with van der Waals surface area (Å²) in [5, 5.41) is 4.75. The molecule has 3 nitrogen and oxygen atoms in total. The number of pyridine rings is 1. The van der Waals surface area contributed by atoms with Gasteiger partial charge in [0.05, 0.1) is 0 Å². The predicted molar refractivity (Wildman–Crippen MR) is 132 cm³/mol. The second kappa shape index (κ2) is 10.3. The third-order valence-corrected chi connectivity index (χ3v) is 5.77. The first kappa shape index (κ1) is 21.2. The van der Waals surface area contributed by atoms with E-state index in [1.807, 2.05) is 0 Å². The van der Waals surface area contributed by atoms with E-state index < -0.39 is 0 Å². The van der Waals surface area contributed by atoms with Crippen LogP contribution >= 0.6 is 0 Å². The molecule has 2 heterocycles. The molecule has 4 rings (SSSR count). The maximum Gasteiger partial charge on any atom is 0.142 e. The molecule has 1 N–H and O–H groups in total. The lowest BCUT2D eigenvalue weighted by atomic mass is 10.0. The van der Waals surface area contributed by atoms with Gasteiger partial charge in [-0.2, -0.15) is 0 Å². The SMILES string of the molecule is CCCCc1cc(CCCC)cc(Nc2ccc3ccn(Cc4ccccc4)c3n2)c1. The van der Waals surface area contributed by atoms with E-state index >= 15 is 0 Å². The van der Waals surface area contributed by atoms with Crippen molar-refractivity contribution in [3.63, 3.8) is 0 Å². The second-order valence-corrected chi connectivity index (χ2v) is 8.41. The minimum Gasteiger partial charge on any atom is -0.340 e. The van der Waals surface area contributed by atoms with E-state index in [1.165, 1.54) is 47.8 Å². The summed E-state index contributed by atoms with van der Waals surface area (Å²) >= 11 is 0. The van der Waals surface area contributed by atoms with Crippen LogP contribution in [0.4, 0.5) is 11.5 Å². The van der Waals surface area contributed by atoms with Crippen molar-refractivity contribution >= 4 is 22.5 Å². The number of aromatic nitrogens is 2. The van der Waals surface area contributed by atoms with E-state index in [2.05, 4.69) is 96.7 Å². The summed E-state index contributed by atoms with van der Waals surface area (Å²) in [5.74, 6) is 0.898. The van der Waals surface area contributed by atoms with Crippen LogP contribution in [0.15, 0.2) is 72.9 Å². The fraction of sp³-hybridized carbons (Fsp3) is 0.321. The average Bonchev–Trinajstić information content (AvgIpc) is 3.19. The Balaban J connectivity index is 1.59. The van der Waals surface area contributed by atoms with E-state index in [4.69, 9.17) is 4.98 Å². The number of rotatable bonds is 10. The lowest BCUT2D eigenvalue weighted by Gasteiger charge is -2.12. The molecule has 4 aromatic rings. The highest BCUT2D eigenvalue weighted by Gasteiger charge is 2.07. The van der Waals surface area contributed by atoms with Crippen molar-refractivity contribution in [1.82, 2.24) is 9.55 Å². The molecule has 0 bridgehead atoms. The largest absolute Gasteiger partial charge is 0.340 e. The monoisotopic (exact) mass is 411 g/mol. The van der Waals surface area contributed by atoms with Gasteiger partial charge in [0.15, 0.2) is 0 Å². The van der Waals surface area contributed by atoms with Crippen molar-refractivity contribution in [2.75, 3.05) is 5.32 Å². The van der Waals surface area contributed by atoms with E-state index in [-0.39, 0.29) is 0 Å². The number of aryl methyl sites for hydroxylation is 2. The Morgan fingerprint density at radius 3 is 2.16 bits per heavy atom. The van der Waals surface area contributed by atoms with Crippen LogP contribution in [0, 0.1) is 0 Å². The summed E-state index contributed by atoms with van der Waals surface area (Å²) in [6.45, 7) is 5.34. The molecule has 2 aromatic carbocycles. The quantitative estimate of drug-likeness (QED) is 0.292. The van der Waals surface area contributed by atoms with Crippen LogP contribution in [0.3, 0.4) is 0 Å². The number of hydrogen-bond donors (Lipinski definition) is 1. The number of benzene rings is 2. The smallest absolute Gasteiger partial charge is 0.142 e. The Bertz CT molecular complexity index is 1090. The van der Waals surface area contributed by atoms with Gasteiger partial charge in [0, 0.05) is 23.8 Å². The third kappa shape index (κ3) is 5.55. The normalized spacial score (nSPS) is 11.2. The first-order chi connectivity index (χ1) is 15.2.